The summed E-state index contributed by atoms with van der Waals surface area (Å²) < 4.78 is 1.91. The molecule has 1 aromatic heterocycles. The fraction of sp³-hybridized carbons (Fsp3) is 0.429. The van der Waals surface area contributed by atoms with Crippen molar-refractivity contribution in [2.45, 2.75) is 39.2 Å². The van der Waals surface area contributed by atoms with Crippen LogP contribution in [0.25, 0.3) is 0 Å². The van der Waals surface area contributed by atoms with Crippen molar-refractivity contribution < 1.29 is 0 Å². The van der Waals surface area contributed by atoms with Crippen molar-refractivity contribution in [3.05, 3.63) is 47.8 Å². The molecular weight excluding hydrogens is 210 g/mol. The molecule has 0 atom stereocenters. The average molecular weight is 229 g/mol. The van der Waals surface area contributed by atoms with Gasteiger partial charge in [-0.05, 0) is 18.4 Å². The summed E-state index contributed by atoms with van der Waals surface area (Å²) >= 11 is 0. The van der Waals surface area contributed by atoms with Crippen LogP contribution in [0.15, 0.2) is 36.5 Å². The number of aromatic nitrogens is 3. The second-order valence-electron chi connectivity index (χ2n) is 4.35. The number of rotatable bonds is 6. The fourth-order valence-corrected chi connectivity index (χ4v) is 1.86. The zero-order valence-electron chi connectivity index (χ0n) is 10.3. The molecule has 2 aromatic rings. The van der Waals surface area contributed by atoms with Crippen LogP contribution in [0.4, 0.5) is 0 Å². The normalized spacial score (nSPS) is 10.6. The topological polar surface area (TPSA) is 30.7 Å². The molecule has 0 amide bonds. The molecule has 0 aliphatic rings. The third-order valence-corrected chi connectivity index (χ3v) is 2.81. The highest BCUT2D eigenvalue weighted by molar-refractivity contribution is 5.14. The molecule has 0 saturated heterocycles. The highest BCUT2D eigenvalue weighted by Gasteiger charge is 2.01. The van der Waals surface area contributed by atoms with Crippen molar-refractivity contribution in [1.82, 2.24) is 15.0 Å². The van der Waals surface area contributed by atoms with Gasteiger partial charge in [-0.15, -0.1) is 5.10 Å². The van der Waals surface area contributed by atoms with Crippen LogP contribution in [0.5, 0.6) is 0 Å². The fourth-order valence-electron chi connectivity index (χ4n) is 1.86. The lowest BCUT2D eigenvalue weighted by atomic mass is 10.2. The highest BCUT2D eigenvalue weighted by Crippen LogP contribution is 2.05. The average Bonchev–Trinajstić information content (AvgIpc) is 2.79. The quantitative estimate of drug-likeness (QED) is 0.713. The van der Waals surface area contributed by atoms with Crippen molar-refractivity contribution >= 4 is 0 Å². The van der Waals surface area contributed by atoms with Gasteiger partial charge in [0, 0.05) is 6.20 Å². The lowest BCUT2D eigenvalue weighted by Crippen LogP contribution is -1.99. The van der Waals surface area contributed by atoms with Crippen LogP contribution in [-0.2, 0) is 13.0 Å². The van der Waals surface area contributed by atoms with Gasteiger partial charge in [-0.1, -0.05) is 55.3 Å². The third-order valence-electron chi connectivity index (χ3n) is 2.81. The van der Waals surface area contributed by atoms with Crippen molar-refractivity contribution in [2.24, 2.45) is 0 Å². The molecule has 0 aliphatic carbocycles. The molecule has 3 heteroatoms. The number of hydrogen-bond acceptors (Lipinski definition) is 2. The molecule has 1 heterocycles. The van der Waals surface area contributed by atoms with Crippen LogP contribution < -0.4 is 0 Å². The molecule has 1 aromatic carbocycles. The Balaban J connectivity index is 1.90. The minimum Gasteiger partial charge on any atom is -0.248 e. The summed E-state index contributed by atoms with van der Waals surface area (Å²) in [5, 5.41) is 8.35. The second-order valence-corrected chi connectivity index (χ2v) is 4.35. The van der Waals surface area contributed by atoms with Gasteiger partial charge < -0.3 is 0 Å². The van der Waals surface area contributed by atoms with Crippen LogP contribution in [0.3, 0.4) is 0 Å². The zero-order valence-corrected chi connectivity index (χ0v) is 10.3. The molecule has 90 valence electrons. The van der Waals surface area contributed by atoms with Gasteiger partial charge >= 0.3 is 0 Å². The summed E-state index contributed by atoms with van der Waals surface area (Å²) in [6.45, 7) is 3.02. The Labute approximate surface area is 102 Å². The second kappa shape index (κ2) is 6.18. The largest absolute Gasteiger partial charge is 0.248 e. The number of unbranched alkanes of at least 4 members (excludes halogenated alkanes) is 2. The molecule has 0 saturated carbocycles. The van der Waals surface area contributed by atoms with Crippen molar-refractivity contribution in [2.75, 3.05) is 0 Å². The zero-order chi connectivity index (χ0) is 11.9. The van der Waals surface area contributed by atoms with E-state index in [1.807, 2.05) is 10.7 Å². The lowest BCUT2D eigenvalue weighted by Gasteiger charge is -1.99. The first-order chi connectivity index (χ1) is 8.38. The first kappa shape index (κ1) is 11.8. The molecular formula is C14H19N3. The molecule has 0 aliphatic heterocycles. The molecule has 17 heavy (non-hydrogen) atoms. The van der Waals surface area contributed by atoms with Crippen molar-refractivity contribution in [3.8, 4) is 0 Å². The van der Waals surface area contributed by atoms with Crippen molar-refractivity contribution in [3.63, 3.8) is 0 Å². The molecule has 0 radical (unpaired) electrons. The summed E-state index contributed by atoms with van der Waals surface area (Å²) in [6.07, 6.45) is 6.83. The molecule has 0 N–H and O–H groups in total. The van der Waals surface area contributed by atoms with Gasteiger partial charge in [-0.3, -0.25) is 0 Å². The number of benzene rings is 1. The third kappa shape index (κ3) is 3.70. The summed E-state index contributed by atoms with van der Waals surface area (Å²) in [5.74, 6) is 0. The Hall–Kier alpha value is -1.64. The van der Waals surface area contributed by atoms with Gasteiger partial charge in [0.2, 0.25) is 0 Å². The molecule has 0 spiro atoms. The molecule has 0 fully saturated rings. The maximum atomic E-state index is 4.20. The smallest absolute Gasteiger partial charge is 0.0827 e. The summed E-state index contributed by atoms with van der Waals surface area (Å²) in [7, 11) is 0. The Morgan fingerprint density at radius 2 is 1.94 bits per heavy atom. The van der Waals surface area contributed by atoms with Gasteiger partial charge in [0.05, 0.1) is 12.2 Å². The van der Waals surface area contributed by atoms with Gasteiger partial charge in [-0.25, -0.2) is 4.68 Å². The number of aryl methyl sites for hydroxylation is 1. The minimum atomic E-state index is 0.807. The van der Waals surface area contributed by atoms with Gasteiger partial charge in [0.25, 0.3) is 0 Å². The van der Waals surface area contributed by atoms with Crippen molar-refractivity contribution in [1.29, 1.82) is 0 Å². The van der Waals surface area contributed by atoms with Crippen LogP contribution in [0.1, 0.15) is 37.4 Å². The van der Waals surface area contributed by atoms with Crippen LogP contribution in [0, 0.1) is 0 Å². The van der Waals surface area contributed by atoms with Gasteiger partial charge in [0.1, 0.15) is 0 Å². The highest BCUT2D eigenvalue weighted by atomic mass is 15.4. The first-order valence-electron chi connectivity index (χ1n) is 6.31. The van der Waals surface area contributed by atoms with E-state index in [0.717, 1.165) is 18.7 Å². The molecule has 0 bridgehead atoms. The van der Waals surface area contributed by atoms with E-state index in [-0.39, 0.29) is 0 Å². The van der Waals surface area contributed by atoms with Crippen LogP contribution >= 0.6 is 0 Å². The van der Waals surface area contributed by atoms with E-state index in [1.165, 1.54) is 24.8 Å². The summed E-state index contributed by atoms with van der Waals surface area (Å²) in [6, 6.07) is 10.3. The van der Waals surface area contributed by atoms with E-state index in [1.54, 1.807) is 0 Å². The Bertz CT molecular complexity index is 434. The van der Waals surface area contributed by atoms with Gasteiger partial charge in [-0.2, -0.15) is 0 Å². The lowest BCUT2D eigenvalue weighted by molar-refractivity contribution is 0.648. The summed E-state index contributed by atoms with van der Waals surface area (Å²) in [5.41, 5.74) is 2.37. The first-order valence-corrected chi connectivity index (χ1v) is 6.31. The van der Waals surface area contributed by atoms with E-state index in [4.69, 9.17) is 0 Å². The standard InChI is InChI=1S/C14H19N3/c1-2-3-5-10-14-12-17(16-15-14)11-13-8-6-4-7-9-13/h4,6-9,12H,2-3,5,10-11H2,1H3. The number of hydrogen-bond donors (Lipinski definition) is 0. The van der Waals surface area contributed by atoms with E-state index < -0.39 is 0 Å². The van der Waals surface area contributed by atoms with E-state index in [0.29, 0.717) is 0 Å². The van der Waals surface area contributed by atoms with E-state index in [9.17, 15) is 0 Å². The monoisotopic (exact) mass is 229 g/mol. The predicted molar refractivity (Wildman–Crippen MR) is 68.8 cm³/mol. The van der Waals surface area contributed by atoms with Crippen LogP contribution in [-0.4, -0.2) is 15.0 Å². The molecule has 3 nitrogen and oxygen atoms in total. The van der Waals surface area contributed by atoms with Gasteiger partial charge in [0.15, 0.2) is 0 Å². The predicted octanol–water partition coefficient (Wildman–Crippen LogP) is 3.06. The molecule has 2 rings (SSSR count). The van der Waals surface area contributed by atoms with Crippen LogP contribution in [0.2, 0.25) is 0 Å². The Kier molecular flexibility index (Phi) is 4.30. The minimum absolute atomic E-state index is 0.807. The maximum absolute atomic E-state index is 4.20. The maximum Gasteiger partial charge on any atom is 0.0827 e. The Morgan fingerprint density at radius 3 is 2.71 bits per heavy atom. The van der Waals surface area contributed by atoms with E-state index >= 15 is 0 Å². The SMILES string of the molecule is CCCCCc1cn(Cc2ccccc2)nn1. The molecule has 0 unspecified atom stereocenters. The van der Waals surface area contributed by atoms with E-state index in [2.05, 4.69) is 47.7 Å². The Morgan fingerprint density at radius 1 is 1.12 bits per heavy atom. The number of nitrogens with zero attached hydrogens (tertiary/aromatic N) is 3. The summed E-state index contributed by atoms with van der Waals surface area (Å²) in [4.78, 5) is 0.